The first-order valence-corrected chi connectivity index (χ1v) is 5.34. The molecule has 0 aliphatic heterocycles. The molecule has 4 nitrogen and oxygen atoms in total. The molecule has 0 unspecified atom stereocenters. The van der Waals surface area contributed by atoms with E-state index >= 15 is 0 Å². The van der Waals surface area contributed by atoms with Crippen molar-refractivity contribution in [2.75, 3.05) is 6.61 Å². The van der Waals surface area contributed by atoms with Gasteiger partial charge in [-0.05, 0) is 12.3 Å². The van der Waals surface area contributed by atoms with Crippen LogP contribution in [0.5, 0.6) is 0 Å². The van der Waals surface area contributed by atoms with Crippen molar-refractivity contribution in [3.8, 4) is 0 Å². The fourth-order valence-electron chi connectivity index (χ4n) is 1.22. The lowest BCUT2D eigenvalue weighted by Gasteiger charge is -2.08. The number of imidazole rings is 1. The van der Waals surface area contributed by atoms with Crippen LogP contribution in [0.2, 0.25) is 0 Å². The number of carbonyl (C=O) groups is 1. The van der Waals surface area contributed by atoms with Gasteiger partial charge in [0.15, 0.2) is 0 Å². The molecular weight excluding hydrogens is 192 g/mol. The Balaban J connectivity index is 2.60. The first-order chi connectivity index (χ1) is 7.15. The number of rotatable bonds is 4. The molecule has 15 heavy (non-hydrogen) atoms. The second kappa shape index (κ2) is 5.53. The van der Waals surface area contributed by atoms with Crippen molar-refractivity contribution < 1.29 is 9.53 Å². The van der Waals surface area contributed by atoms with E-state index in [0.717, 1.165) is 18.7 Å². The third-order valence-electron chi connectivity index (χ3n) is 1.93. The molecule has 0 atom stereocenters. The Morgan fingerprint density at radius 1 is 1.60 bits per heavy atom. The van der Waals surface area contributed by atoms with E-state index in [2.05, 4.69) is 11.9 Å². The highest BCUT2D eigenvalue weighted by atomic mass is 16.5. The molecule has 0 saturated heterocycles. The van der Waals surface area contributed by atoms with Crippen LogP contribution in [0.25, 0.3) is 0 Å². The van der Waals surface area contributed by atoms with Crippen LogP contribution in [0.3, 0.4) is 0 Å². The number of nitrogens with zero attached hydrogens (tertiary/aromatic N) is 2. The van der Waals surface area contributed by atoms with Crippen molar-refractivity contribution in [2.24, 2.45) is 5.92 Å². The largest absolute Gasteiger partial charge is 0.449 e. The summed E-state index contributed by atoms with van der Waals surface area (Å²) in [6, 6.07) is 0. The van der Waals surface area contributed by atoms with Gasteiger partial charge in [0, 0.05) is 18.8 Å². The molecule has 0 spiro atoms. The van der Waals surface area contributed by atoms with Gasteiger partial charge in [-0.2, -0.15) is 0 Å². The highest BCUT2D eigenvalue weighted by molar-refractivity contribution is 5.71. The summed E-state index contributed by atoms with van der Waals surface area (Å²) in [5.41, 5.74) is 0. The Morgan fingerprint density at radius 3 is 2.93 bits per heavy atom. The number of carbonyl (C=O) groups excluding carboxylic acids is 1. The van der Waals surface area contributed by atoms with Crippen molar-refractivity contribution in [3.63, 3.8) is 0 Å². The third kappa shape index (κ3) is 3.38. The summed E-state index contributed by atoms with van der Waals surface area (Å²) in [6.07, 6.45) is 4.71. The van der Waals surface area contributed by atoms with Crippen LogP contribution in [0, 0.1) is 5.92 Å². The van der Waals surface area contributed by atoms with Crippen molar-refractivity contribution in [1.82, 2.24) is 9.55 Å². The van der Waals surface area contributed by atoms with Gasteiger partial charge in [0.1, 0.15) is 5.82 Å². The molecule has 0 bridgehead atoms. The zero-order valence-electron chi connectivity index (χ0n) is 9.56. The SMILES string of the molecule is CCCc1nccn1C(=O)OCC(C)C. The highest BCUT2D eigenvalue weighted by Crippen LogP contribution is 2.03. The minimum Gasteiger partial charge on any atom is -0.449 e. The highest BCUT2D eigenvalue weighted by Gasteiger charge is 2.11. The Morgan fingerprint density at radius 2 is 2.33 bits per heavy atom. The van der Waals surface area contributed by atoms with E-state index < -0.39 is 0 Å². The van der Waals surface area contributed by atoms with E-state index in [1.165, 1.54) is 4.57 Å². The molecule has 0 aromatic carbocycles. The Hall–Kier alpha value is -1.32. The number of aryl methyl sites for hydroxylation is 1. The number of ether oxygens (including phenoxy) is 1. The minimum atomic E-state index is -0.329. The summed E-state index contributed by atoms with van der Waals surface area (Å²) in [4.78, 5) is 15.7. The summed E-state index contributed by atoms with van der Waals surface area (Å²) >= 11 is 0. The van der Waals surface area contributed by atoms with Gasteiger partial charge in [-0.15, -0.1) is 0 Å². The van der Waals surface area contributed by atoms with Gasteiger partial charge in [0.25, 0.3) is 0 Å². The van der Waals surface area contributed by atoms with E-state index in [4.69, 9.17) is 4.74 Å². The number of aromatic nitrogens is 2. The molecule has 0 N–H and O–H groups in total. The van der Waals surface area contributed by atoms with Crippen LogP contribution >= 0.6 is 0 Å². The molecule has 1 aromatic rings. The van der Waals surface area contributed by atoms with Gasteiger partial charge in [-0.3, -0.25) is 0 Å². The van der Waals surface area contributed by atoms with Crippen LogP contribution in [0.15, 0.2) is 12.4 Å². The van der Waals surface area contributed by atoms with Crippen LogP contribution in [-0.4, -0.2) is 22.3 Å². The Bertz CT molecular complexity index is 318. The predicted molar refractivity (Wildman–Crippen MR) is 57.8 cm³/mol. The smallest absolute Gasteiger partial charge is 0.419 e. The summed E-state index contributed by atoms with van der Waals surface area (Å²) < 4.78 is 6.60. The molecule has 84 valence electrons. The molecule has 4 heteroatoms. The summed E-state index contributed by atoms with van der Waals surface area (Å²) in [7, 11) is 0. The molecule has 0 aliphatic rings. The number of hydrogen-bond donors (Lipinski definition) is 0. The van der Waals surface area contributed by atoms with E-state index in [-0.39, 0.29) is 6.09 Å². The molecule has 0 saturated carbocycles. The summed E-state index contributed by atoms with van der Waals surface area (Å²) in [6.45, 7) is 6.52. The molecule has 0 amide bonds. The normalized spacial score (nSPS) is 10.7. The third-order valence-corrected chi connectivity index (χ3v) is 1.93. The van der Waals surface area contributed by atoms with Crippen LogP contribution in [0.1, 0.15) is 33.0 Å². The molecule has 0 radical (unpaired) electrons. The second-order valence-corrected chi connectivity index (χ2v) is 3.93. The Kier molecular flexibility index (Phi) is 4.34. The first kappa shape index (κ1) is 11.8. The minimum absolute atomic E-state index is 0.329. The fourth-order valence-corrected chi connectivity index (χ4v) is 1.22. The molecule has 1 aromatic heterocycles. The van der Waals surface area contributed by atoms with Gasteiger partial charge in [0.05, 0.1) is 6.61 Å². The van der Waals surface area contributed by atoms with Gasteiger partial charge < -0.3 is 4.74 Å². The predicted octanol–water partition coefficient (Wildman–Crippen LogP) is 2.48. The van der Waals surface area contributed by atoms with Crippen molar-refractivity contribution >= 4 is 6.09 Å². The average molecular weight is 210 g/mol. The summed E-state index contributed by atoms with van der Waals surface area (Å²) in [5.74, 6) is 1.12. The van der Waals surface area contributed by atoms with Crippen molar-refractivity contribution in [3.05, 3.63) is 18.2 Å². The average Bonchev–Trinajstić information content (AvgIpc) is 2.63. The van der Waals surface area contributed by atoms with E-state index in [9.17, 15) is 4.79 Å². The van der Waals surface area contributed by atoms with Crippen molar-refractivity contribution in [2.45, 2.75) is 33.6 Å². The molecular formula is C11H18N2O2. The van der Waals surface area contributed by atoms with Gasteiger partial charge in [-0.1, -0.05) is 20.8 Å². The van der Waals surface area contributed by atoms with E-state index in [0.29, 0.717) is 12.5 Å². The monoisotopic (exact) mass is 210 g/mol. The lowest BCUT2D eigenvalue weighted by atomic mass is 10.2. The zero-order chi connectivity index (χ0) is 11.3. The van der Waals surface area contributed by atoms with E-state index in [1.54, 1.807) is 12.4 Å². The van der Waals surface area contributed by atoms with Crippen LogP contribution in [0.4, 0.5) is 4.79 Å². The maximum absolute atomic E-state index is 11.6. The maximum atomic E-state index is 11.6. The van der Waals surface area contributed by atoms with Crippen LogP contribution < -0.4 is 0 Å². The fraction of sp³-hybridized carbons (Fsp3) is 0.636. The standard InChI is InChI=1S/C11H18N2O2/c1-4-5-10-12-6-7-13(10)11(14)15-8-9(2)3/h6-7,9H,4-5,8H2,1-3H3. The molecule has 0 aliphatic carbocycles. The molecule has 1 heterocycles. The van der Waals surface area contributed by atoms with Gasteiger partial charge in [0.2, 0.25) is 0 Å². The van der Waals surface area contributed by atoms with Crippen molar-refractivity contribution in [1.29, 1.82) is 0 Å². The second-order valence-electron chi connectivity index (χ2n) is 3.93. The topological polar surface area (TPSA) is 44.1 Å². The Labute approximate surface area is 90.3 Å². The summed E-state index contributed by atoms with van der Waals surface area (Å²) in [5, 5.41) is 0. The zero-order valence-corrected chi connectivity index (χ0v) is 9.56. The molecule has 1 rings (SSSR count). The van der Waals surface area contributed by atoms with Gasteiger partial charge >= 0.3 is 6.09 Å². The van der Waals surface area contributed by atoms with Gasteiger partial charge in [-0.25, -0.2) is 14.3 Å². The lowest BCUT2D eigenvalue weighted by Crippen LogP contribution is -2.18. The molecule has 0 fully saturated rings. The quantitative estimate of drug-likeness (QED) is 0.766. The first-order valence-electron chi connectivity index (χ1n) is 5.34. The maximum Gasteiger partial charge on any atom is 0.419 e. The van der Waals surface area contributed by atoms with Crippen LogP contribution in [-0.2, 0) is 11.2 Å². The lowest BCUT2D eigenvalue weighted by molar-refractivity contribution is 0.133. The number of hydrogen-bond acceptors (Lipinski definition) is 3. The van der Waals surface area contributed by atoms with E-state index in [1.807, 2.05) is 13.8 Å².